The summed E-state index contributed by atoms with van der Waals surface area (Å²) in [6, 6.07) is 1.50. The number of anilines is 1. The van der Waals surface area contributed by atoms with Gasteiger partial charge in [0.15, 0.2) is 33.6 Å². The third kappa shape index (κ3) is 15.2. The summed E-state index contributed by atoms with van der Waals surface area (Å²) in [6.45, 7) is 35.5. The molecule has 0 aromatic carbocycles. The molecule has 26 heteroatoms. The molecule has 0 saturated carbocycles. The van der Waals surface area contributed by atoms with E-state index in [1.807, 2.05) is 118 Å². The zero-order chi connectivity index (χ0) is 58.0. The molecule has 0 fully saturated rings. The fourth-order valence-corrected chi connectivity index (χ4v) is 7.47. The van der Waals surface area contributed by atoms with Crippen molar-refractivity contribution in [1.29, 1.82) is 0 Å². The summed E-state index contributed by atoms with van der Waals surface area (Å²) in [6.07, 6.45) is 13.3. The maximum Gasteiger partial charge on any atom is 0.348 e. The predicted molar refractivity (Wildman–Crippen MR) is 309 cm³/mol. The molecule has 0 aliphatic rings. The highest BCUT2D eigenvalue weighted by Crippen LogP contribution is 2.19. The summed E-state index contributed by atoms with van der Waals surface area (Å²) < 4.78 is 10.9. The lowest BCUT2D eigenvalue weighted by atomic mass is 10.2. The number of aromatic nitrogens is 20. The molecule has 0 bridgehead atoms. The molecule has 0 amide bonds. The highest BCUT2D eigenvalue weighted by molar-refractivity contribution is 5.74. The highest BCUT2D eigenvalue weighted by atomic mass is 16.2. The molecule has 424 valence electrons. The summed E-state index contributed by atoms with van der Waals surface area (Å²) in [5.41, 5.74) is 14.0. The van der Waals surface area contributed by atoms with Crippen LogP contribution >= 0.6 is 0 Å². The molecule has 10 aromatic rings. The quantitative estimate of drug-likeness (QED) is 0.128. The van der Waals surface area contributed by atoms with E-state index < -0.39 is 0 Å². The smallest absolute Gasteiger partial charge is 0.348 e. The number of hydrogen-bond donors (Lipinski definition) is 4. The largest absolute Gasteiger partial charge is 0.369 e. The summed E-state index contributed by atoms with van der Waals surface area (Å²) in [5, 5.41) is 0. The van der Waals surface area contributed by atoms with Gasteiger partial charge in [-0.1, -0.05) is 7.43 Å². The second-order valence-corrected chi connectivity index (χ2v) is 20.0. The van der Waals surface area contributed by atoms with Gasteiger partial charge in [0, 0.05) is 59.9 Å². The number of aryl methyl sites for hydroxylation is 6. The summed E-state index contributed by atoms with van der Waals surface area (Å²) in [4.78, 5) is 109. The van der Waals surface area contributed by atoms with E-state index in [1.54, 1.807) is 41.2 Å². The number of rotatable bonds is 6. The third-order valence-electron chi connectivity index (χ3n) is 11.9. The summed E-state index contributed by atoms with van der Waals surface area (Å²) in [5.74, 6) is 0.919. The molecule has 0 radical (unpaired) electrons. The molecule has 0 saturated heterocycles. The van der Waals surface area contributed by atoms with E-state index in [4.69, 9.17) is 5.73 Å². The first kappa shape index (κ1) is 62.7. The number of nitrogens with zero attached hydrogens (tertiary/aromatic N) is 17. The van der Waals surface area contributed by atoms with E-state index in [2.05, 4.69) is 102 Å². The first-order valence-electron chi connectivity index (χ1n) is 25.5. The highest BCUT2D eigenvalue weighted by Gasteiger charge is 2.13. The number of H-pyrrole nitrogens is 3. The lowest BCUT2D eigenvalue weighted by molar-refractivity contribution is 0.558. The number of fused-ring (bicyclic) bond motifs is 4. The van der Waals surface area contributed by atoms with Crippen LogP contribution in [0.5, 0.6) is 0 Å². The lowest BCUT2D eigenvalue weighted by Crippen LogP contribution is -2.31. The van der Waals surface area contributed by atoms with Gasteiger partial charge in [0.1, 0.15) is 23.2 Å². The number of nitrogens with two attached hydrogens (primary N) is 1. The van der Waals surface area contributed by atoms with Gasteiger partial charge in [-0.25, -0.2) is 54.4 Å². The van der Waals surface area contributed by atoms with Crippen LogP contribution in [0.4, 0.5) is 5.95 Å². The van der Waals surface area contributed by atoms with Gasteiger partial charge in [-0.2, -0.15) is 9.97 Å². The molecule has 10 rings (SSSR count). The van der Waals surface area contributed by atoms with E-state index in [0.717, 1.165) is 50.8 Å². The zero-order valence-electron chi connectivity index (χ0n) is 47.8. The van der Waals surface area contributed by atoms with Gasteiger partial charge in [0.2, 0.25) is 5.95 Å². The van der Waals surface area contributed by atoms with E-state index >= 15 is 0 Å². The van der Waals surface area contributed by atoms with Crippen molar-refractivity contribution in [3.8, 4) is 0 Å². The van der Waals surface area contributed by atoms with Crippen molar-refractivity contribution in [1.82, 2.24) is 97.2 Å². The lowest BCUT2D eigenvalue weighted by Gasteiger charge is -2.10. The molecular weight excluding hydrogens is 1010 g/mol. The number of imidazole rings is 4. The Morgan fingerprint density at radius 2 is 0.861 bits per heavy atom. The van der Waals surface area contributed by atoms with Crippen LogP contribution in [-0.2, 0) is 0 Å². The van der Waals surface area contributed by atoms with Gasteiger partial charge in [0.05, 0.1) is 43.0 Å². The molecule has 0 aliphatic heterocycles. The van der Waals surface area contributed by atoms with Crippen LogP contribution in [-0.4, -0.2) is 97.2 Å². The number of nitrogens with one attached hydrogen (secondary N) is 3. The van der Waals surface area contributed by atoms with Crippen molar-refractivity contribution in [2.24, 2.45) is 0 Å². The maximum absolute atomic E-state index is 11.4. The van der Waals surface area contributed by atoms with Crippen molar-refractivity contribution >= 4 is 50.6 Å². The van der Waals surface area contributed by atoms with E-state index in [0.29, 0.717) is 40.0 Å². The number of nitrogen functional groups attached to an aromatic ring is 1. The summed E-state index contributed by atoms with van der Waals surface area (Å²) >= 11 is 0. The molecule has 5 N–H and O–H groups in total. The van der Waals surface area contributed by atoms with Crippen molar-refractivity contribution in [2.45, 2.75) is 168 Å². The van der Waals surface area contributed by atoms with Gasteiger partial charge >= 0.3 is 11.4 Å². The first-order chi connectivity index (χ1) is 36.6. The monoisotopic (exact) mass is 1090 g/mol. The maximum atomic E-state index is 11.4. The average molecular weight is 1090 g/mol. The van der Waals surface area contributed by atoms with E-state index in [1.165, 1.54) is 10.9 Å². The molecule has 10 heterocycles. The van der Waals surface area contributed by atoms with Crippen LogP contribution < -0.4 is 33.8 Å². The third-order valence-corrected chi connectivity index (χ3v) is 11.9. The van der Waals surface area contributed by atoms with E-state index in [-0.39, 0.29) is 65.6 Å². The summed E-state index contributed by atoms with van der Waals surface area (Å²) in [7, 11) is 0. The molecule has 0 spiro atoms. The average Bonchev–Trinajstić information content (AvgIpc) is 4.18. The predicted octanol–water partition coefficient (Wildman–Crippen LogP) is 7.23. The minimum atomic E-state index is -0.347. The Labute approximate surface area is 456 Å². The first-order valence-corrected chi connectivity index (χ1v) is 25.5. The van der Waals surface area contributed by atoms with Crippen molar-refractivity contribution < 1.29 is 0 Å². The van der Waals surface area contributed by atoms with Crippen LogP contribution in [0.15, 0.2) is 74.3 Å². The minimum Gasteiger partial charge on any atom is -0.369 e. The second-order valence-electron chi connectivity index (χ2n) is 20.0. The van der Waals surface area contributed by atoms with Crippen LogP contribution in [0.1, 0.15) is 161 Å². The Morgan fingerprint density at radius 3 is 1.38 bits per heavy atom. The minimum absolute atomic E-state index is 0. The Bertz CT molecular complexity index is 3950. The van der Waals surface area contributed by atoms with Gasteiger partial charge in [-0.15, -0.1) is 0 Å². The molecule has 79 heavy (non-hydrogen) atoms. The number of hydrogen-bond acceptors (Lipinski definition) is 17. The topological polar surface area (TPSA) is 330 Å². The molecule has 0 aliphatic carbocycles. The van der Waals surface area contributed by atoms with Crippen LogP contribution in [0.3, 0.4) is 0 Å². The number of aromatic amines is 3. The molecule has 0 atom stereocenters. The van der Waals surface area contributed by atoms with Gasteiger partial charge in [0.25, 0.3) is 16.7 Å². The Kier molecular flexibility index (Phi) is 21.4. The molecule has 10 aromatic heterocycles. The standard InChI is InChI=1S/C10H14N4.C9H12N4.C9H14N2O.C8H11N5O.C8H10N4O.C8H12N2O2.CH4/c1-6(2)14-5-11-9-7(3)12-8(4)13-10(9)14;1-6(2)13-5-12-8-7(3)10-4-11-9(8)13;1-6(2)11-5-7(3)8(4)10-9(11)12;1-4(2)13-3-10-5-6(13)11-8(9)12-7(5)14;1-5(2)12-4-11-6-7(12)9-3-10-8(6)13;1-5(2)10-4-6(3)7(11)9-8(10)12;/h5-6H,1-4H3;4-6H,1-3H3;5-6H,1-4H3;3-4H,1-2H3,(H3,9,11,12,14);3-5H,1-2H3,(H,9,10,13);4-5H,1-3H3,(H,9,11,12);1H4. The van der Waals surface area contributed by atoms with Gasteiger partial charge < -0.3 is 29.0 Å². The normalized spacial score (nSPS) is 11.0. The zero-order valence-corrected chi connectivity index (χ0v) is 47.8. The van der Waals surface area contributed by atoms with Crippen molar-refractivity contribution in [3.63, 3.8) is 0 Å². The second kappa shape index (κ2) is 27.0. The molecular formula is C53H77N21O5. The Morgan fingerprint density at radius 1 is 0.418 bits per heavy atom. The van der Waals surface area contributed by atoms with Crippen molar-refractivity contribution in [2.75, 3.05) is 5.73 Å². The SMILES string of the molecule is C.CC(C)n1cnc2c(=O)[nH]c(N)nc21.CC(C)n1cnc2c(=O)[nH]cnc21.Cc1cn(C(C)C)c(=O)[nH]c1=O.Cc1cn(C(C)C)c(=O)nc1C.Cc1nc(C)c2ncn(C(C)C)c2n1.Cc1ncnc2c1ncn2C(C)C. The van der Waals surface area contributed by atoms with Crippen LogP contribution in [0.25, 0.3) is 44.7 Å². The van der Waals surface area contributed by atoms with Gasteiger partial charge in [-0.05, 0) is 130 Å². The molecule has 0 unspecified atom stereocenters. The fraction of sp³-hybridized carbons (Fsp3) is 0.472. The van der Waals surface area contributed by atoms with Crippen molar-refractivity contribution in [3.05, 3.63) is 136 Å². The van der Waals surface area contributed by atoms with Crippen LogP contribution in [0, 0.1) is 41.5 Å². The Hall–Kier alpha value is -8.84. The Balaban J connectivity index is 0.000000204. The molecule has 26 nitrogen and oxygen atoms in total. The van der Waals surface area contributed by atoms with Gasteiger partial charge in [-0.3, -0.25) is 33.5 Å². The van der Waals surface area contributed by atoms with Crippen LogP contribution in [0.2, 0.25) is 0 Å². The fourth-order valence-electron chi connectivity index (χ4n) is 7.47. The van der Waals surface area contributed by atoms with E-state index in [9.17, 15) is 24.0 Å².